The molecule has 2 saturated heterocycles. The Morgan fingerprint density at radius 2 is 1.74 bits per heavy atom. The number of hydrogen-bond acceptors (Lipinski definition) is 9. The zero-order chi connectivity index (χ0) is 30.8. The molecule has 2 atom stereocenters. The molecule has 12 nitrogen and oxygen atoms in total. The lowest BCUT2D eigenvalue weighted by Crippen LogP contribution is -2.44. The van der Waals surface area contributed by atoms with Crippen molar-refractivity contribution in [3.8, 4) is 11.5 Å². The number of likely N-dealkylation sites (tertiary alicyclic amines) is 1. The number of benzene rings is 2. The molecule has 0 saturated carbocycles. The molecule has 2 aliphatic heterocycles. The average molecular weight is 628 g/mol. The van der Waals surface area contributed by atoms with Gasteiger partial charge in [0.05, 0.1) is 31.3 Å². The van der Waals surface area contributed by atoms with Crippen LogP contribution in [0.25, 0.3) is 0 Å². The summed E-state index contributed by atoms with van der Waals surface area (Å²) >= 11 is 12.8. The number of methoxy groups -OCH3 is 2. The molecule has 2 fully saturated rings. The number of ether oxygens (including phenoxy) is 2. The van der Waals surface area contributed by atoms with Gasteiger partial charge in [0.15, 0.2) is 0 Å². The van der Waals surface area contributed by atoms with Crippen LogP contribution in [0.2, 0.25) is 10.0 Å². The molecular weight excluding hydrogens is 595 g/mol. The number of nitrogens with zero attached hydrogens (tertiary/aromatic N) is 5. The quantitative estimate of drug-likeness (QED) is 0.274. The van der Waals surface area contributed by atoms with Gasteiger partial charge in [-0.2, -0.15) is 0 Å². The van der Waals surface area contributed by atoms with E-state index < -0.39 is 6.03 Å². The van der Waals surface area contributed by atoms with Crippen molar-refractivity contribution >= 4 is 69.5 Å². The summed E-state index contributed by atoms with van der Waals surface area (Å²) in [6.45, 7) is 5.52. The summed E-state index contributed by atoms with van der Waals surface area (Å²) in [5, 5.41) is 9.05. The number of anilines is 6. The van der Waals surface area contributed by atoms with Crippen LogP contribution in [-0.2, 0) is 4.79 Å². The number of urea groups is 1. The van der Waals surface area contributed by atoms with E-state index in [1.807, 2.05) is 18.2 Å². The smallest absolute Gasteiger partial charge is 0.327 e. The Morgan fingerprint density at radius 3 is 2.35 bits per heavy atom. The number of rotatable bonds is 9. The van der Waals surface area contributed by atoms with Crippen molar-refractivity contribution in [1.29, 1.82) is 0 Å². The van der Waals surface area contributed by atoms with Crippen molar-refractivity contribution in [2.45, 2.75) is 18.5 Å². The first-order valence-corrected chi connectivity index (χ1v) is 14.2. The van der Waals surface area contributed by atoms with Crippen LogP contribution < -0.4 is 35.2 Å². The number of carbonyl (C=O) groups excluding carboxylic acids is 2. The average Bonchev–Trinajstić information content (AvgIpc) is 3.59. The Bertz CT molecular complexity index is 1540. The van der Waals surface area contributed by atoms with E-state index in [2.05, 4.69) is 49.3 Å². The van der Waals surface area contributed by atoms with E-state index in [9.17, 15) is 9.59 Å². The molecule has 43 heavy (non-hydrogen) atoms. The Balaban J connectivity index is 1.36. The number of halogens is 2. The van der Waals surface area contributed by atoms with Gasteiger partial charge >= 0.3 is 6.03 Å². The van der Waals surface area contributed by atoms with Gasteiger partial charge in [0.25, 0.3) is 0 Å². The number of piperazine rings is 1. The SMILES string of the molecule is C=CC(=O)Nc1cc(N2C[C@H]3C[C@@H]2CN3C)ccc1Nc1cc(N(C)C(=O)Nc2c(Cl)c(OC)cc(OC)c2Cl)ncn1. The van der Waals surface area contributed by atoms with Crippen LogP contribution in [0.1, 0.15) is 6.42 Å². The molecule has 2 aromatic carbocycles. The molecule has 14 heteroatoms. The molecule has 226 valence electrons. The third-order valence-corrected chi connectivity index (χ3v) is 8.41. The van der Waals surface area contributed by atoms with Gasteiger partial charge in [-0.3, -0.25) is 14.6 Å². The highest BCUT2D eigenvalue weighted by molar-refractivity contribution is 6.41. The number of fused-ring (bicyclic) bond motifs is 2. The summed E-state index contributed by atoms with van der Waals surface area (Å²) in [5.74, 6) is 0.901. The Hall–Kier alpha value is -4.26. The van der Waals surface area contributed by atoms with E-state index in [0.717, 1.165) is 25.2 Å². The monoisotopic (exact) mass is 626 g/mol. The van der Waals surface area contributed by atoms with E-state index in [-0.39, 0.29) is 39.0 Å². The predicted octanol–water partition coefficient (Wildman–Crippen LogP) is 5.23. The lowest BCUT2D eigenvalue weighted by Gasteiger charge is -2.34. The Kier molecular flexibility index (Phi) is 8.81. The maximum absolute atomic E-state index is 13.2. The first-order chi connectivity index (χ1) is 20.6. The molecule has 3 amide bonds. The van der Waals surface area contributed by atoms with Gasteiger partial charge in [-0.25, -0.2) is 14.8 Å². The zero-order valence-electron chi connectivity index (χ0n) is 24.1. The molecule has 0 unspecified atom stereocenters. The van der Waals surface area contributed by atoms with Crippen LogP contribution in [0.3, 0.4) is 0 Å². The van der Waals surface area contributed by atoms with Gasteiger partial charge in [0.1, 0.15) is 39.5 Å². The van der Waals surface area contributed by atoms with E-state index in [4.69, 9.17) is 32.7 Å². The zero-order valence-corrected chi connectivity index (χ0v) is 25.7. The van der Waals surface area contributed by atoms with Crippen LogP contribution in [-0.4, -0.2) is 80.3 Å². The fraction of sp³-hybridized carbons (Fsp3) is 0.310. The van der Waals surface area contributed by atoms with Gasteiger partial charge in [-0.05, 0) is 37.7 Å². The maximum atomic E-state index is 13.2. The number of likely N-dealkylation sites (N-methyl/N-ethyl adjacent to an activating group) is 1. The molecule has 2 bridgehead atoms. The normalized spacial score (nSPS) is 17.4. The summed E-state index contributed by atoms with van der Waals surface area (Å²) in [7, 11) is 6.57. The van der Waals surface area contributed by atoms with E-state index in [1.165, 1.54) is 44.6 Å². The molecule has 0 radical (unpaired) electrons. The fourth-order valence-electron chi connectivity index (χ4n) is 5.32. The third-order valence-electron chi connectivity index (χ3n) is 7.66. The lowest BCUT2D eigenvalue weighted by atomic mass is 10.2. The number of carbonyl (C=O) groups is 2. The number of amides is 3. The van der Waals surface area contributed by atoms with Crippen molar-refractivity contribution in [3.63, 3.8) is 0 Å². The molecule has 5 rings (SSSR count). The van der Waals surface area contributed by atoms with E-state index in [1.54, 1.807) is 6.07 Å². The van der Waals surface area contributed by atoms with Gasteiger partial charge in [-0.1, -0.05) is 29.8 Å². The second kappa shape index (κ2) is 12.5. The predicted molar refractivity (Wildman–Crippen MR) is 170 cm³/mol. The lowest BCUT2D eigenvalue weighted by molar-refractivity contribution is -0.111. The van der Waals surface area contributed by atoms with Crippen molar-refractivity contribution in [3.05, 3.63) is 59.4 Å². The topological polar surface area (TPSA) is 124 Å². The molecule has 0 spiro atoms. The minimum absolute atomic E-state index is 0.117. The highest BCUT2D eigenvalue weighted by Crippen LogP contribution is 2.44. The number of aromatic nitrogens is 2. The Morgan fingerprint density at radius 1 is 1.02 bits per heavy atom. The van der Waals surface area contributed by atoms with Crippen LogP contribution in [0.4, 0.5) is 39.2 Å². The summed E-state index contributed by atoms with van der Waals surface area (Å²) in [6.07, 6.45) is 3.67. The van der Waals surface area contributed by atoms with E-state index in [0.29, 0.717) is 29.3 Å². The minimum atomic E-state index is -0.572. The van der Waals surface area contributed by atoms with Crippen molar-refractivity contribution in [1.82, 2.24) is 14.9 Å². The van der Waals surface area contributed by atoms with Crippen LogP contribution in [0, 0.1) is 0 Å². The number of nitrogens with one attached hydrogen (secondary N) is 3. The van der Waals surface area contributed by atoms with Gasteiger partial charge in [-0.15, -0.1) is 0 Å². The van der Waals surface area contributed by atoms with Crippen LogP contribution in [0.5, 0.6) is 11.5 Å². The Labute approximate surface area is 259 Å². The molecule has 3 N–H and O–H groups in total. The highest BCUT2D eigenvalue weighted by atomic mass is 35.5. The molecular formula is C29H32Cl2N8O4. The summed E-state index contributed by atoms with van der Waals surface area (Å²) in [4.78, 5) is 40.1. The first-order valence-electron chi connectivity index (χ1n) is 13.4. The first kappa shape index (κ1) is 30.2. The third kappa shape index (κ3) is 6.12. The molecule has 1 aromatic heterocycles. The van der Waals surface area contributed by atoms with Crippen molar-refractivity contribution in [2.24, 2.45) is 0 Å². The molecule has 0 aliphatic carbocycles. The van der Waals surface area contributed by atoms with Crippen LogP contribution in [0.15, 0.2) is 49.3 Å². The molecule has 2 aliphatic rings. The largest absolute Gasteiger partial charge is 0.495 e. The molecule has 3 heterocycles. The standard InChI is InChI=1S/C29H32Cl2N8O4/c1-6-25(40)35-20-10-16(39-14-17-9-18(39)13-37(17)2)7-8-19(20)34-23-12-24(33-15-32-23)38(3)29(41)36-28-26(30)21(42-4)11-22(43-5)27(28)31/h6-8,10-12,15,17-18H,1,9,13-14H2,2-5H3,(H,35,40)(H,36,41)(H,32,33,34)/t17-,18-/m1/s1. The summed E-state index contributed by atoms with van der Waals surface area (Å²) in [5.41, 5.74) is 2.33. The van der Waals surface area contributed by atoms with Crippen LogP contribution >= 0.6 is 23.2 Å². The second-order valence-electron chi connectivity index (χ2n) is 10.2. The molecule has 3 aromatic rings. The van der Waals surface area contributed by atoms with Gasteiger partial charge in [0, 0.05) is 50.0 Å². The maximum Gasteiger partial charge on any atom is 0.327 e. The fourth-order valence-corrected chi connectivity index (χ4v) is 5.91. The summed E-state index contributed by atoms with van der Waals surface area (Å²) in [6, 6.07) is 9.37. The van der Waals surface area contributed by atoms with Crippen molar-refractivity contribution in [2.75, 3.05) is 67.2 Å². The van der Waals surface area contributed by atoms with E-state index >= 15 is 0 Å². The minimum Gasteiger partial charge on any atom is -0.495 e. The van der Waals surface area contributed by atoms with Gasteiger partial charge in [0.2, 0.25) is 5.91 Å². The van der Waals surface area contributed by atoms with Gasteiger partial charge < -0.3 is 30.3 Å². The summed E-state index contributed by atoms with van der Waals surface area (Å²) < 4.78 is 10.6. The number of hydrogen-bond donors (Lipinski definition) is 3. The van der Waals surface area contributed by atoms with Crippen molar-refractivity contribution < 1.29 is 19.1 Å². The second-order valence-corrected chi connectivity index (χ2v) is 11.0. The highest BCUT2D eigenvalue weighted by Gasteiger charge is 2.41.